The van der Waals surface area contributed by atoms with Crippen molar-refractivity contribution in [2.75, 3.05) is 18.4 Å². The number of rotatable bonds is 4. The third-order valence-electron chi connectivity index (χ3n) is 4.14. The first-order valence-corrected chi connectivity index (χ1v) is 8.24. The predicted octanol–water partition coefficient (Wildman–Crippen LogP) is 3.39. The number of hydrogen-bond donors (Lipinski definition) is 1. The van der Waals surface area contributed by atoms with Crippen molar-refractivity contribution in [3.05, 3.63) is 41.5 Å². The van der Waals surface area contributed by atoms with Crippen LogP contribution in [-0.4, -0.2) is 29.8 Å². The number of carbonyl (C=O) groups is 2. The third-order valence-corrected chi connectivity index (χ3v) is 4.14. The highest BCUT2D eigenvalue weighted by Gasteiger charge is 2.21. The second kappa shape index (κ2) is 7.95. The molecule has 4 heteroatoms. The number of nitrogens with zero attached hydrogens (tertiary/aromatic N) is 1. The highest BCUT2D eigenvalue weighted by atomic mass is 16.2. The van der Waals surface area contributed by atoms with Crippen LogP contribution in [0.25, 0.3) is 0 Å². The molecule has 1 aromatic rings. The number of amides is 2. The summed E-state index contributed by atoms with van der Waals surface area (Å²) in [5.74, 6) is 0.714. The van der Waals surface area contributed by atoms with E-state index in [2.05, 4.69) is 17.4 Å². The monoisotopic (exact) mass is 314 g/mol. The zero-order valence-electron chi connectivity index (χ0n) is 14.3. The van der Waals surface area contributed by atoms with Gasteiger partial charge in [-0.15, -0.1) is 0 Å². The second-order valence-electron chi connectivity index (χ2n) is 6.57. The SMILES string of the molecule is CC(=O)Nc1ccc(CC2CCN(C(=O)C=C(C)C)CC2)cc1. The van der Waals surface area contributed by atoms with Gasteiger partial charge in [-0.3, -0.25) is 9.59 Å². The van der Waals surface area contributed by atoms with Gasteiger partial charge < -0.3 is 10.2 Å². The molecule has 1 aliphatic rings. The molecule has 1 aromatic carbocycles. The molecule has 0 bridgehead atoms. The number of allylic oxidation sites excluding steroid dienone is 1. The Morgan fingerprint density at radius 2 is 1.74 bits per heavy atom. The van der Waals surface area contributed by atoms with Gasteiger partial charge in [0.25, 0.3) is 0 Å². The normalized spacial score (nSPS) is 15.2. The van der Waals surface area contributed by atoms with E-state index in [0.717, 1.165) is 43.6 Å². The van der Waals surface area contributed by atoms with Crippen LogP contribution in [0.3, 0.4) is 0 Å². The van der Waals surface area contributed by atoms with Crippen molar-refractivity contribution >= 4 is 17.5 Å². The van der Waals surface area contributed by atoms with E-state index < -0.39 is 0 Å². The minimum absolute atomic E-state index is 0.0499. The summed E-state index contributed by atoms with van der Waals surface area (Å²) in [6.45, 7) is 7.11. The van der Waals surface area contributed by atoms with E-state index in [1.807, 2.05) is 30.9 Å². The molecule has 124 valence electrons. The molecule has 1 N–H and O–H groups in total. The van der Waals surface area contributed by atoms with E-state index in [-0.39, 0.29) is 11.8 Å². The van der Waals surface area contributed by atoms with E-state index >= 15 is 0 Å². The average molecular weight is 314 g/mol. The molecular weight excluding hydrogens is 288 g/mol. The molecule has 2 amide bonds. The fraction of sp³-hybridized carbons (Fsp3) is 0.474. The fourth-order valence-corrected chi connectivity index (χ4v) is 2.96. The Bertz CT molecular complexity index is 578. The first-order chi connectivity index (χ1) is 10.9. The van der Waals surface area contributed by atoms with Crippen LogP contribution < -0.4 is 5.32 Å². The lowest BCUT2D eigenvalue weighted by Gasteiger charge is -2.31. The fourth-order valence-electron chi connectivity index (χ4n) is 2.96. The molecule has 0 atom stereocenters. The van der Waals surface area contributed by atoms with E-state index in [0.29, 0.717) is 5.92 Å². The summed E-state index contributed by atoms with van der Waals surface area (Å²) in [5.41, 5.74) is 3.17. The molecule has 0 aromatic heterocycles. The van der Waals surface area contributed by atoms with Crippen LogP contribution in [0.4, 0.5) is 5.69 Å². The Morgan fingerprint density at radius 1 is 1.13 bits per heavy atom. The van der Waals surface area contributed by atoms with Crippen molar-refractivity contribution in [3.63, 3.8) is 0 Å². The molecule has 2 rings (SSSR count). The first-order valence-electron chi connectivity index (χ1n) is 8.24. The minimum atomic E-state index is -0.0499. The lowest BCUT2D eigenvalue weighted by molar-refractivity contribution is -0.127. The molecule has 23 heavy (non-hydrogen) atoms. The lowest BCUT2D eigenvalue weighted by Crippen LogP contribution is -2.38. The molecular formula is C19H26N2O2. The number of nitrogens with one attached hydrogen (secondary N) is 1. The highest BCUT2D eigenvalue weighted by Crippen LogP contribution is 2.23. The van der Waals surface area contributed by atoms with Crippen LogP contribution in [0.5, 0.6) is 0 Å². The van der Waals surface area contributed by atoms with Crippen LogP contribution in [0, 0.1) is 5.92 Å². The number of carbonyl (C=O) groups excluding carboxylic acids is 2. The highest BCUT2D eigenvalue weighted by molar-refractivity contribution is 5.88. The Kier molecular flexibility index (Phi) is 5.97. The zero-order valence-corrected chi connectivity index (χ0v) is 14.3. The molecule has 1 saturated heterocycles. The third kappa shape index (κ3) is 5.55. The topological polar surface area (TPSA) is 49.4 Å². The maximum absolute atomic E-state index is 12.0. The van der Waals surface area contributed by atoms with Gasteiger partial charge in [0, 0.05) is 31.8 Å². The molecule has 0 saturated carbocycles. The van der Waals surface area contributed by atoms with Crippen LogP contribution >= 0.6 is 0 Å². The summed E-state index contributed by atoms with van der Waals surface area (Å²) in [5, 5.41) is 2.78. The summed E-state index contributed by atoms with van der Waals surface area (Å²) in [6.07, 6.45) is 4.86. The van der Waals surface area contributed by atoms with Gasteiger partial charge in [-0.05, 0) is 56.7 Å². The number of hydrogen-bond acceptors (Lipinski definition) is 2. The summed E-state index contributed by atoms with van der Waals surface area (Å²) in [4.78, 5) is 25.0. The molecule has 0 unspecified atom stereocenters. The van der Waals surface area contributed by atoms with Crippen molar-refractivity contribution < 1.29 is 9.59 Å². The summed E-state index contributed by atoms with van der Waals surface area (Å²) in [7, 11) is 0. The molecule has 1 fully saturated rings. The van der Waals surface area contributed by atoms with Crippen molar-refractivity contribution in [3.8, 4) is 0 Å². The maximum Gasteiger partial charge on any atom is 0.246 e. The Morgan fingerprint density at radius 3 is 2.26 bits per heavy atom. The molecule has 0 spiro atoms. The number of anilines is 1. The molecule has 0 aliphatic carbocycles. The molecule has 1 aliphatic heterocycles. The van der Waals surface area contributed by atoms with Crippen molar-refractivity contribution in [1.29, 1.82) is 0 Å². The van der Waals surface area contributed by atoms with E-state index in [1.165, 1.54) is 12.5 Å². The molecule has 0 radical (unpaired) electrons. The Balaban J connectivity index is 1.83. The average Bonchev–Trinajstić information content (AvgIpc) is 2.49. The molecule has 1 heterocycles. The maximum atomic E-state index is 12.0. The zero-order chi connectivity index (χ0) is 16.8. The van der Waals surface area contributed by atoms with E-state index in [9.17, 15) is 9.59 Å². The van der Waals surface area contributed by atoms with Crippen LogP contribution in [-0.2, 0) is 16.0 Å². The van der Waals surface area contributed by atoms with Gasteiger partial charge in [0.1, 0.15) is 0 Å². The van der Waals surface area contributed by atoms with Gasteiger partial charge in [-0.2, -0.15) is 0 Å². The van der Waals surface area contributed by atoms with Crippen LogP contribution in [0.15, 0.2) is 35.9 Å². The van der Waals surface area contributed by atoms with Gasteiger partial charge in [-0.1, -0.05) is 17.7 Å². The van der Waals surface area contributed by atoms with Gasteiger partial charge in [-0.25, -0.2) is 0 Å². The van der Waals surface area contributed by atoms with Crippen molar-refractivity contribution in [2.45, 2.75) is 40.0 Å². The summed E-state index contributed by atoms with van der Waals surface area (Å²) in [6, 6.07) is 8.05. The number of benzene rings is 1. The summed E-state index contributed by atoms with van der Waals surface area (Å²) >= 11 is 0. The Labute approximate surface area is 138 Å². The van der Waals surface area contributed by atoms with Crippen LogP contribution in [0.1, 0.15) is 39.2 Å². The molecule has 4 nitrogen and oxygen atoms in total. The number of likely N-dealkylation sites (tertiary alicyclic amines) is 1. The smallest absolute Gasteiger partial charge is 0.246 e. The Hall–Kier alpha value is -2.10. The standard InChI is InChI=1S/C19H26N2O2/c1-14(2)12-19(23)21-10-8-17(9-11-21)13-16-4-6-18(7-5-16)20-15(3)22/h4-7,12,17H,8-11,13H2,1-3H3,(H,20,22). The van der Waals surface area contributed by atoms with Gasteiger partial charge in [0.2, 0.25) is 11.8 Å². The first kappa shape index (κ1) is 17.3. The van der Waals surface area contributed by atoms with Crippen molar-refractivity contribution in [2.24, 2.45) is 5.92 Å². The lowest BCUT2D eigenvalue weighted by atomic mass is 9.90. The van der Waals surface area contributed by atoms with Gasteiger partial charge in [0.05, 0.1) is 0 Å². The van der Waals surface area contributed by atoms with Crippen LogP contribution in [0.2, 0.25) is 0 Å². The van der Waals surface area contributed by atoms with Gasteiger partial charge >= 0.3 is 0 Å². The predicted molar refractivity (Wildman–Crippen MR) is 93.2 cm³/mol. The summed E-state index contributed by atoms with van der Waals surface area (Å²) < 4.78 is 0. The quantitative estimate of drug-likeness (QED) is 0.866. The second-order valence-corrected chi connectivity index (χ2v) is 6.57. The van der Waals surface area contributed by atoms with E-state index in [1.54, 1.807) is 6.08 Å². The van der Waals surface area contributed by atoms with Crippen molar-refractivity contribution in [1.82, 2.24) is 4.90 Å². The minimum Gasteiger partial charge on any atom is -0.339 e. The number of piperidine rings is 1. The van der Waals surface area contributed by atoms with E-state index in [4.69, 9.17) is 0 Å². The largest absolute Gasteiger partial charge is 0.339 e. The van der Waals surface area contributed by atoms with Gasteiger partial charge in [0.15, 0.2) is 0 Å².